The third-order valence-corrected chi connectivity index (χ3v) is 2.17. The van der Waals surface area contributed by atoms with Gasteiger partial charge in [0.2, 0.25) is 0 Å². The number of esters is 1. The van der Waals surface area contributed by atoms with Crippen molar-refractivity contribution in [3.63, 3.8) is 0 Å². The van der Waals surface area contributed by atoms with Gasteiger partial charge >= 0.3 is 5.97 Å². The van der Waals surface area contributed by atoms with Gasteiger partial charge in [0.05, 0.1) is 6.61 Å². The molecule has 1 aliphatic rings. The molecule has 0 aromatic rings. The number of ether oxygens (including phenoxy) is 2. The Labute approximate surface area is 89.2 Å². The maximum Gasteiger partial charge on any atom is 0.313 e. The Balaban J connectivity index is 2.74. The highest BCUT2D eigenvalue weighted by molar-refractivity contribution is 5.99. The van der Waals surface area contributed by atoms with Gasteiger partial charge in [-0.15, -0.1) is 0 Å². The number of rotatable bonds is 4. The van der Waals surface area contributed by atoms with Crippen molar-refractivity contribution in [1.29, 1.82) is 0 Å². The molecule has 0 unspecified atom stereocenters. The summed E-state index contributed by atoms with van der Waals surface area (Å²) in [5, 5.41) is 0. The minimum Gasteiger partial charge on any atom is -0.489 e. The molecule has 1 rings (SSSR count). The first kappa shape index (κ1) is 11.8. The van der Waals surface area contributed by atoms with E-state index in [0.717, 1.165) is 0 Å². The lowest BCUT2D eigenvalue weighted by Gasteiger charge is -2.07. The van der Waals surface area contributed by atoms with Crippen LogP contribution in [-0.2, 0) is 19.1 Å². The molecule has 0 amide bonds. The zero-order chi connectivity index (χ0) is 11.4. The molecule has 0 N–H and O–H groups in total. The highest BCUT2D eigenvalue weighted by atomic mass is 16.5. The fourth-order valence-corrected chi connectivity index (χ4v) is 1.60. The Morgan fingerprint density at radius 3 is 2.73 bits per heavy atom. The second kappa shape index (κ2) is 4.96. The highest BCUT2D eigenvalue weighted by Gasteiger charge is 2.28. The van der Waals surface area contributed by atoms with Gasteiger partial charge in [-0.05, 0) is 12.8 Å². The molecule has 0 aliphatic carbocycles. The first-order valence-corrected chi connectivity index (χ1v) is 5.10. The molecule has 1 aliphatic heterocycles. The summed E-state index contributed by atoms with van der Waals surface area (Å²) in [7, 11) is 0. The summed E-state index contributed by atoms with van der Waals surface area (Å²) in [6.07, 6.45) is 0.0626. The molecule has 4 nitrogen and oxygen atoms in total. The molecule has 15 heavy (non-hydrogen) atoms. The van der Waals surface area contributed by atoms with E-state index in [1.54, 1.807) is 6.92 Å². The first-order valence-electron chi connectivity index (χ1n) is 5.10. The zero-order valence-electron chi connectivity index (χ0n) is 9.33. The van der Waals surface area contributed by atoms with Crippen LogP contribution in [-0.4, -0.2) is 25.0 Å². The number of hydrogen-bond donors (Lipinski definition) is 0. The van der Waals surface area contributed by atoms with Crippen molar-refractivity contribution in [3.05, 3.63) is 11.3 Å². The molecule has 0 aromatic carbocycles. The Morgan fingerprint density at radius 1 is 1.53 bits per heavy atom. The Kier molecular flexibility index (Phi) is 3.88. The van der Waals surface area contributed by atoms with E-state index in [0.29, 0.717) is 17.9 Å². The molecule has 0 spiro atoms. The van der Waals surface area contributed by atoms with Gasteiger partial charge < -0.3 is 9.47 Å². The lowest BCUT2D eigenvalue weighted by Crippen LogP contribution is -2.09. The van der Waals surface area contributed by atoms with Crippen LogP contribution in [0.2, 0.25) is 0 Å². The fourth-order valence-electron chi connectivity index (χ4n) is 1.60. The van der Waals surface area contributed by atoms with E-state index < -0.39 is 0 Å². The first-order chi connectivity index (χ1) is 7.06. The van der Waals surface area contributed by atoms with Crippen molar-refractivity contribution in [1.82, 2.24) is 0 Å². The van der Waals surface area contributed by atoms with Crippen LogP contribution in [0.25, 0.3) is 0 Å². The van der Waals surface area contributed by atoms with Crippen LogP contribution in [0.4, 0.5) is 0 Å². The average molecular weight is 212 g/mol. The Bertz CT molecular complexity index is 302. The van der Waals surface area contributed by atoms with Crippen molar-refractivity contribution in [2.45, 2.75) is 27.2 Å². The van der Waals surface area contributed by atoms with Gasteiger partial charge in [-0.25, -0.2) is 0 Å². The van der Waals surface area contributed by atoms with Crippen molar-refractivity contribution in [2.75, 3.05) is 13.2 Å². The van der Waals surface area contributed by atoms with Crippen molar-refractivity contribution in [2.24, 2.45) is 5.92 Å². The minimum absolute atomic E-state index is 0.0238. The van der Waals surface area contributed by atoms with E-state index in [2.05, 4.69) is 0 Å². The lowest BCUT2D eigenvalue weighted by molar-refractivity contribution is -0.143. The van der Waals surface area contributed by atoms with Crippen molar-refractivity contribution >= 4 is 11.8 Å². The van der Waals surface area contributed by atoms with E-state index in [9.17, 15) is 9.59 Å². The van der Waals surface area contributed by atoms with E-state index in [-0.39, 0.29) is 30.7 Å². The van der Waals surface area contributed by atoms with Crippen molar-refractivity contribution < 1.29 is 19.1 Å². The third-order valence-electron chi connectivity index (χ3n) is 2.17. The molecular weight excluding hydrogens is 196 g/mol. The standard InChI is InChI=1S/C11H16O4/c1-4-14-10(13)5-9-11(7(2)3)8(12)6-15-9/h7H,4-6H2,1-3H3. The second-order valence-corrected chi connectivity index (χ2v) is 3.69. The average Bonchev–Trinajstić information content (AvgIpc) is 2.47. The van der Waals surface area contributed by atoms with Gasteiger partial charge in [-0.1, -0.05) is 13.8 Å². The van der Waals surface area contributed by atoms with Crippen LogP contribution in [0, 0.1) is 5.92 Å². The quantitative estimate of drug-likeness (QED) is 0.662. The molecule has 0 fully saturated rings. The van der Waals surface area contributed by atoms with E-state index >= 15 is 0 Å². The van der Waals surface area contributed by atoms with Gasteiger partial charge in [0, 0.05) is 5.57 Å². The summed E-state index contributed by atoms with van der Waals surface area (Å²) >= 11 is 0. The van der Waals surface area contributed by atoms with Crippen LogP contribution in [0.1, 0.15) is 27.2 Å². The highest BCUT2D eigenvalue weighted by Crippen LogP contribution is 2.25. The summed E-state index contributed by atoms with van der Waals surface area (Å²) in [5.74, 6) is 0.197. The smallest absolute Gasteiger partial charge is 0.313 e. The summed E-state index contributed by atoms with van der Waals surface area (Å²) in [6.45, 7) is 5.97. The molecule has 0 atom stereocenters. The third kappa shape index (κ3) is 2.81. The number of carbonyl (C=O) groups is 2. The SMILES string of the molecule is CCOC(=O)CC1=C(C(C)C)C(=O)CO1. The van der Waals surface area contributed by atoms with E-state index in [4.69, 9.17) is 9.47 Å². The van der Waals surface area contributed by atoms with Gasteiger partial charge in [-0.2, -0.15) is 0 Å². The zero-order valence-corrected chi connectivity index (χ0v) is 9.33. The second-order valence-electron chi connectivity index (χ2n) is 3.69. The molecule has 0 saturated heterocycles. The van der Waals surface area contributed by atoms with E-state index in [1.807, 2.05) is 13.8 Å². The predicted octanol–water partition coefficient (Wildman–Crippen LogP) is 1.45. The molecule has 0 bridgehead atoms. The van der Waals surface area contributed by atoms with Crippen LogP contribution in [0.5, 0.6) is 0 Å². The molecule has 0 saturated carbocycles. The summed E-state index contributed by atoms with van der Waals surface area (Å²) < 4.78 is 9.99. The number of ketones is 1. The summed E-state index contributed by atoms with van der Waals surface area (Å²) in [5.41, 5.74) is 0.628. The van der Waals surface area contributed by atoms with Gasteiger partial charge in [-0.3, -0.25) is 9.59 Å². The molecule has 4 heteroatoms. The largest absolute Gasteiger partial charge is 0.489 e. The van der Waals surface area contributed by atoms with Gasteiger partial charge in [0.15, 0.2) is 12.4 Å². The Morgan fingerprint density at radius 2 is 2.20 bits per heavy atom. The lowest BCUT2D eigenvalue weighted by atomic mass is 9.98. The van der Waals surface area contributed by atoms with Crippen molar-refractivity contribution in [3.8, 4) is 0 Å². The van der Waals surface area contributed by atoms with Gasteiger partial charge in [0.1, 0.15) is 12.2 Å². The van der Waals surface area contributed by atoms with Crippen LogP contribution in [0.15, 0.2) is 11.3 Å². The number of hydrogen-bond acceptors (Lipinski definition) is 4. The van der Waals surface area contributed by atoms with Crippen LogP contribution in [0.3, 0.4) is 0 Å². The molecule has 0 aromatic heterocycles. The monoisotopic (exact) mass is 212 g/mol. The fraction of sp³-hybridized carbons (Fsp3) is 0.636. The summed E-state index contributed by atoms with van der Waals surface area (Å²) in [6, 6.07) is 0. The molecular formula is C11H16O4. The van der Waals surface area contributed by atoms with Gasteiger partial charge in [0.25, 0.3) is 0 Å². The normalized spacial score (nSPS) is 15.9. The maximum absolute atomic E-state index is 11.4. The minimum atomic E-state index is -0.347. The molecule has 84 valence electrons. The van der Waals surface area contributed by atoms with Crippen LogP contribution >= 0.6 is 0 Å². The number of carbonyl (C=O) groups excluding carboxylic acids is 2. The molecule has 0 radical (unpaired) electrons. The van der Waals surface area contributed by atoms with Crippen LogP contribution < -0.4 is 0 Å². The topological polar surface area (TPSA) is 52.6 Å². The maximum atomic E-state index is 11.4. The molecule has 1 heterocycles. The Hall–Kier alpha value is -1.32. The predicted molar refractivity (Wildman–Crippen MR) is 54.1 cm³/mol. The number of Topliss-reactive ketones (excluding diaryl/α,β-unsaturated/α-hetero) is 1. The van der Waals surface area contributed by atoms with E-state index in [1.165, 1.54) is 0 Å². The summed E-state index contributed by atoms with van der Waals surface area (Å²) in [4.78, 5) is 22.7.